The van der Waals surface area contributed by atoms with Gasteiger partial charge in [-0.2, -0.15) is 13.2 Å². The summed E-state index contributed by atoms with van der Waals surface area (Å²) in [6.07, 6.45) is -1.98. The van der Waals surface area contributed by atoms with Crippen molar-refractivity contribution in [2.45, 2.75) is 26.1 Å². The molecule has 1 amide bonds. The first-order chi connectivity index (χ1) is 14.3. The van der Waals surface area contributed by atoms with Crippen LogP contribution in [0.5, 0.6) is 0 Å². The van der Waals surface area contributed by atoms with Crippen molar-refractivity contribution in [3.63, 3.8) is 0 Å². The zero-order valence-corrected chi connectivity index (χ0v) is 17.0. The highest BCUT2D eigenvalue weighted by molar-refractivity contribution is 5.78. The predicted molar refractivity (Wildman–Crippen MR) is 106 cm³/mol. The second-order valence-corrected chi connectivity index (χ2v) is 7.03. The molecule has 1 aliphatic heterocycles. The molecule has 0 saturated carbocycles. The summed E-state index contributed by atoms with van der Waals surface area (Å²) in [5.74, 6) is 0.0397. The second kappa shape index (κ2) is 9.53. The molecule has 0 N–H and O–H groups in total. The van der Waals surface area contributed by atoms with Gasteiger partial charge in [-0.25, -0.2) is 0 Å². The third-order valence-corrected chi connectivity index (χ3v) is 5.12. The predicted octanol–water partition coefficient (Wildman–Crippen LogP) is 3.40. The third-order valence-electron chi connectivity index (χ3n) is 5.12. The van der Waals surface area contributed by atoms with Crippen LogP contribution >= 0.6 is 0 Å². The SMILES string of the molecule is CCN(CC)C(=O)CN1CCOC(c2nccnc2-c2cccc(C(F)(F)F)c2)C1. The summed E-state index contributed by atoms with van der Waals surface area (Å²) in [6.45, 7) is 6.84. The lowest BCUT2D eigenvalue weighted by Crippen LogP contribution is -2.45. The Bertz CT molecular complexity index is 871. The molecule has 1 fully saturated rings. The van der Waals surface area contributed by atoms with Crippen LogP contribution in [0, 0.1) is 0 Å². The lowest BCUT2D eigenvalue weighted by atomic mass is 10.0. The zero-order chi connectivity index (χ0) is 21.7. The minimum Gasteiger partial charge on any atom is -0.369 e. The highest BCUT2D eigenvalue weighted by Crippen LogP contribution is 2.34. The normalized spacial score (nSPS) is 17.7. The molecular formula is C21H25F3N4O2. The van der Waals surface area contributed by atoms with Crippen molar-refractivity contribution in [3.05, 3.63) is 47.9 Å². The fraction of sp³-hybridized carbons (Fsp3) is 0.476. The number of morpholine rings is 1. The Balaban J connectivity index is 1.83. The van der Waals surface area contributed by atoms with Gasteiger partial charge in [-0.3, -0.25) is 19.7 Å². The Hall–Kier alpha value is -2.52. The summed E-state index contributed by atoms with van der Waals surface area (Å²) < 4.78 is 45.3. The van der Waals surface area contributed by atoms with E-state index >= 15 is 0 Å². The highest BCUT2D eigenvalue weighted by Gasteiger charge is 2.32. The number of benzene rings is 1. The standard InChI is InChI=1S/C21H25F3N4O2/c1-3-28(4-2)18(29)14-27-10-11-30-17(13-27)20-19(25-8-9-26-20)15-6-5-7-16(12-15)21(22,23)24/h5-9,12,17H,3-4,10-11,13-14H2,1-2H3. The van der Waals surface area contributed by atoms with Crippen molar-refractivity contribution < 1.29 is 22.7 Å². The number of nitrogens with zero attached hydrogens (tertiary/aromatic N) is 4. The monoisotopic (exact) mass is 422 g/mol. The average Bonchev–Trinajstić information content (AvgIpc) is 2.74. The number of halogens is 3. The number of ether oxygens (including phenoxy) is 1. The number of carbonyl (C=O) groups excluding carboxylic acids is 1. The number of rotatable bonds is 6. The van der Waals surface area contributed by atoms with Crippen molar-refractivity contribution in [2.75, 3.05) is 39.3 Å². The fourth-order valence-electron chi connectivity index (χ4n) is 3.53. The fourth-order valence-corrected chi connectivity index (χ4v) is 3.53. The number of alkyl halides is 3. The van der Waals surface area contributed by atoms with Crippen molar-refractivity contribution in [2.24, 2.45) is 0 Å². The molecule has 1 aromatic heterocycles. The molecule has 0 radical (unpaired) electrons. The van der Waals surface area contributed by atoms with E-state index in [1.54, 1.807) is 11.0 Å². The highest BCUT2D eigenvalue weighted by atomic mass is 19.4. The van der Waals surface area contributed by atoms with Crippen molar-refractivity contribution in [1.29, 1.82) is 0 Å². The van der Waals surface area contributed by atoms with Gasteiger partial charge in [0.05, 0.1) is 30.1 Å². The molecule has 0 bridgehead atoms. The van der Waals surface area contributed by atoms with Gasteiger partial charge in [0.1, 0.15) is 6.10 Å². The lowest BCUT2D eigenvalue weighted by molar-refractivity contribution is -0.137. The Morgan fingerprint density at radius 3 is 2.67 bits per heavy atom. The Kier molecular flexibility index (Phi) is 7.04. The zero-order valence-electron chi connectivity index (χ0n) is 17.0. The van der Waals surface area contributed by atoms with Gasteiger partial charge in [0, 0.05) is 44.1 Å². The number of likely N-dealkylation sites (N-methyl/N-ethyl adjacent to an activating group) is 1. The van der Waals surface area contributed by atoms with E-state index in [1.165, 1.54) is 18.5 Å². The van der Waals surface area contributed by atoms with Crippen LogP contribution in [-0.4, -0.2) is 65.0 Å². The molecule has 2 aromatic rings. The van der Waals surface area contributed by atoms with Crippen molar-refractivity contribution >= 4 is 5.91 Å². The van der Waals surface area contributed by atoms with Crippen LogP contribution in [0.2, 0.25) is 0 Å². The molecular weight excluding hydrogens is 397 g/mol. The molecule has 3 rings (SSSR count). The average molecular weight is 422 g/mol. The quantitative estimate of drug-likeness (QED) is 0.714. The molecule has 0 spiro atoms. The molecule has 9 heteroatoms. The van der Waals surface area contributed by atoms with E-state index < -0.39 is 17.8 Å². The largest absolute Gasteiger partial charge is 0.416 e. The Morgan fingerprint density at radius 1 is 1.23 bits per heavy atom. The van der Waals surface area contributed by atoms with E-state index in [9.17, 15) is 18.0 Å². The van der Waals surface area contributed by atoms with Crippen LogP contribution in [0.25, 0.3) is 11.3 Å². The van der Waals surface area contributed by atoms with Crippen molar-refractivity contribution in [3.8, 4) is 11.3 Å². The van der Waals surface area contributed by atoms with E-state index in [0.29, 0.717) is 49.7 Å². The van der Waals surface area contributed by atoms with E-state index in [0.717, 1.165) is 12.1 Å². The minimum absolute atomic E-state index is 0.0397. The summed E-state index contributed by atoms with van der Waals surface area (Å²) in [7, 11) is 0. The van der Waals surface area contributed by atoms with Gasteiger partial charge in [0.25, 0.3) is 0 Å². The molecule has 2 heterocycles. The van der Waals surface area contributed by atoms with Gasteiger partial charge in [-0.05, 0) is 26.0 Å². The maximum Gasteiger partial charge on any atom is 0.416 e. The van der Waals surface area contributed by atoms with E-state index in [1.807, 2.05) is 18.7 Å². The van der Waals surface area contributed by atoms with Crippen LogP contribution in [0.1, 0.15) is 31.2 Å². The molecule has 1 unspecified atom stereocenters. The van der Waals surface area contributed by atoms with Crippen LogP contribution in [0.3, 0.4) is 0 Å². The molecule has 1 saturated heterocycles. The molecule has 0 aliphatic carbocycles. The van der Waals surface area contributed by atoms with Crippen LogP contribution in [0.4, 0.5) is 13.2 Å². The van der Waals surface area contributed by atoms with Gasteiger partial charge in [-0.1, -0.05) is 12.1 Å². The Morgan fingerprint density at radius 2 is 1.97 bits per heavy atom. The van der Waals surface area contributed by atoms with Gasteiger partial charge in [0.2, 0.25) is 5.91 Å². The van der Waals surface area contributed by atoms with E-state index in [-0.39, 0.29) is 12.5 Å². The van der Waals surface area contributed by atoms with Gasteiger partial charge >= 0.3 is 6.18 Å². The second-order valence-electron chi connectivity index (χ2n) is 7.03. The molecule has 1 atom stereocenters. The first-order valence-corrected chi connectivity index (χ1v) is 9.93. The maximum absolute atomic E-state index is 13.1. The molecule has 162 valence electrons. The van der Waals surface area contributed by atoms with Crippen LogP contribution in [0.15, 0.2) is 36.7 Å². The summed E-state index contributed by atoms with van der Waals surface area (Å²) in [5, 5.41) is 0. The number of hydrogen-bond donors (Lipinski definition) is 0. The smallest absolute Gasteiger partial charge is 0.369 e. The summed E-state index contributed by atoms with van der Waals surface area (Å²) in [5.41, 5.74) is 0.405. The topological polar surface area (TPSA) is 58.6 Å². The van der Waals surface area contributed by atoms with Gasteiger partial charge in [0.15, 0.2) is 0 Å². The lowest BCUT2D eigenvalue weighted by Gasteiger charge is -2.33. The number of carbonyl (C=O) groups is 1. The molecule has 30 heavy (non-hydrogen) atoms. The van der Waals surface area contributed by atoms with Crippen LogP contribution in [-0.2, 0) is 15.7 Å². The summed E-state index contributed by atoms with van der Waals surface area (Å²) >= 11 is 0. The van der Waals surface area contributed by atoms with Crippen LogP contribution < -0.4 is 0 Å². The molecule has 1 aromatic carbocycles. The first kappa shape index (κ1) is 22.2. The van der Waals surface area contributed by atoms with Gasteiger partial charge < -0.3 is 9.64 Å². The Labute approximate surface area is 173 Å². The third kappa shape index (κ3) is 5.14. The summed E-state index contributed by atoms with van der Waals surface area (Å²) in [6, 6.07) is 5.02. The summed E-state index contributed by atoms with van der Waals surface area (Å²) in [4.78, 5) is 24.8. The molecule has 1 aliphatic rings. The van der Waals surface area contributed by atoms with Crippen molar-refractivity contribution in [1.82, 2.24) is 19.8 Å². The number of aromatic nitrogens is 2. The van der Waals surface area contributed by atoms with E-state index in [4.69, 9.17) is 4.74 Å². The number of amides is 1. The van der Waals surface area contributed by atoms with Gasteiger partial charge in [-0.15, -0.1) is 0 Å². The number of hydrogen-bond acceptors (Lipinski definition) is 5. The maximum atomic E-state index is 13.1. The first-order valence-electron chi connectivity index (χ1n) is 9.93. The van der Waals surface area contributed by atoms with E-state index in [2.05, 4.69) is 9.97 Å². The minimum atomic E-state index is -4.44. The molecule has 6 nitrogen and oxygen atoms in total.